The lowest BCUT2D eigenvalue weighted by Crippen LogP contribution is -2.18. The van der Waals surface area contributed by atoms with E-state index in [1.54, 1.807) is 18.0 Å². The summed E-state index contributed by atoms with van der Waals surface area (Å²) >= 11 is 1.50. The number of benzene rings is 2. The van der Waals surface area contributed by atoms with Crippen LogP contribution in [0, 0.1) is 10.1 Å². The molecule has 0 amide bonds. The van der Waals surface area contributed by atoms with Gasteiger partial charge < -0.3 is 4.90 Å². The molecule has 2 aromatic carbocycles. The summed E-state index contributed by atoms with van der Waals surface area (Å²) < 4.78 is 24.8. The van der Waals surface area contributed by atoms with E-state index in [1.165, 1.54) is 23.5 Å². The summed E-state index contributed by atoms with van der Waals surface area (Å²) in [6.07, 6.45) is 0.965. The van der Waals surface area contributed by atoms with Gasteiger partial charge in [0.25, 0.3) is 0 Å². The normalized spacial score (nSPS) is 11.6. The number of sulfone groups is 1. The van der Waals surface area contributed by atoms with E-state index in [4.69, 9.17) is 0 Å². The number of rotatable bonds is 5. The van der Waals surface area contributed by atoms with Gasteiger partial charge in [-0.3, -0.25) is 10.1 Å². The van der Waals surface area contributed by atoms with Gasteiger partial charge in [0.15, 0.2) is 9.84 Å². The van der Waals surface area contributed by atoms with Gasteiger partial charge in [0.05, 0.1) is 21.7 Å². The number of thiazole rings is 1. The number of anilines is 1. The third-order valence-corrected chi connectivity index (χ3v) is 5.83. The van der Waals surface area contributed by atoms with E-state index < -0.39 is 20.4 Å². The minimum Gasteiger partial charge on any atom is -0.362 e. The predicted molar refractivity (Wildman–Crippen MR) is 97.9 cm³/mol. The first-order chi connectivity index (χ1) is 11.8. The van der Waals surface area contributed by atoms with Crippen LogP contribution in [0.5, 0.6) is 0 Å². The maximum absolute atomic E-state index is 11.9. The monoisotopic (exact) mass is 377 g/mol. The number of nitro benzene ring substituents is 1. The van der Waals surface area contributed by atoms with Crippen LogP contribution in [0.25, 0.3) is 10.2 Å². The van der Waals surface area contributed by atoms with Crippen LogP contribution in [-0.2, 0) is 16.4 Å². The van der Waals surface area contributed by atoms with E-state index >= 15 is 0 Å². The number of nitro groups is 1. The topological polar surface area (TPSA) is 93.4 Å². The fourth-order valence-electron chi connectivity index (χ4n) is 2.58. The van der Waals surface area contributed by atoms with Crippen LogP contribution in [0.3, 0.4) is 0 Å². The van der Waals surface area contributed by atoms with Crippen molar-refractivity contribution in [2.45, 2.75) is 11.4 Å². The maximum atomic E-state index is 11.9. The van der Waals surface area contributed by atoms with Gasteiger partial charge in [-0.2, -0.15) is 0 Å². The molecule has 0 bridgehead atoms. The van der Waals surface area contributed by atoms with E-state index in [0.717, 1.165) is 21.5 Å². The maximum Gasteiger partial charge on any atom is 0.311 e. The summed E-state index contributed by atoms with van der Waals surface area (Å²) in [6.45, 7) is 0.341. The van der Waals surface area contributed by atoms with E-state index in [-0.39, 0.29) is 10.6 Å². The standard InChI is InChI=1S/C16H15N3O4S2/c1-18(10-15-17-11-6-3-4-8-13(11)24-15)12-7-5-9-14(25(2,22)23)16(12)19(20)21/h3-9H,10H2,1-2H3. The SMILES string of the molecule is CN(Cc1nc2ccccc2s1)c1cccc(S(C)(=O)=O)c1[N+](=O)[O-]. The Kier molecular flexibility index (Phi) is 4.44. The van der Waals surface area contributed by atoms with Crippen LogP contribution in [0.15, 0.2) is 47.4 Å². The van der Waals surface area contributed by atoms with Crippen LogP contribution in [0.4, 0.5) is 11.4 Å². The molecule has 0 saturated carbocycles. The van der Waals surface area contributed by atoms with Gasteiger partial charge in [0.1, 0.15) is 15.6 Å². The van der Waals surface area contributed by atoms with Crippen molar-refractivity contribution < 1.29 is 13.3 Å². The van der Waals surface area contributed by atoms with E-state index in [0.29, 0.717) is 6.54 Å². The third-order valence-electron chi connectivity index (χ3n) is 3.68. The molecule has 0 N–H and O–H groups in total. The number of hydrogen-bond donors (Lipinski definition) is 0. The minimum atomic E-state index is -3.71. The Morgan fingerprint density at radius 1 is 1.20 bits per heavy atom. The Labute approximate surface area is 148 Å². The molecular formula is C16H15N3O4S2. The summed E-state index contributed by atoms with van der Waals surface area (Å²) in [5, 5.41) is 12.3. The van der Waals surface area contributed by atoms with Gasteiger partial charge in [0, 0.05) is 13.3 Å². The lowest BCUT2D eigenvalue weighted by molar-refractivity contribution is -0.387. The second-order valence-electron chi connectivity index (χ2n) is 5.58. The van der Waals surface area contributed by atoms with Crippen molar-refractivity contribution in [2.24, 2.45) is 0 Å². The van der Waals surface area contributed by atoms with Gasteiger partial charge in [-0.25, -0.2) is 13.4 Å². The Hall–Kier alpha value is -2.52. The summed E-state index contributed by atoms with van der Waals surface area (Å²) in [4.78, 5) is 16.7. The Balaban J connectivity index is 2.02. The first-order valence-electron chi connectivity index (χ1n) is 7.30. The lowest BCUT2D eigenvalue weighted by atomic mass is 10.2. The highest BCUT2D eigenvalue weighted by molar-refractivity contribution is 7.90. The smallest absolute Gasteiger partial charge is 0.311 e. The molecule has 0 atom stereocenters. The summed E-state index contributed by atoms with van der Waals surface area (Å²) in [5.41, 5.74) is 0.705. The Morgan fingerprint density at radius 2 is 1.92 bits per heavy atom. The van der Waals surface area contributed by atoms with Crippen LogP contribution in [0.1, 0.15) is 5.01 Å². The van der Waals surface area contributed by atoms with Crippen molar-refractivity contribution in [1.82, 2.24) is 4.98 Å². The molecule has 25 heavy (non-hydrogen) atoms. The molecule has 0 aliphatic carbocycles. The zero-order chi connectivity index (χ0) is 18.2. The van der Waals surface area contributed by atoms with Crippen molar-refractivity contribution in [3.63, 3.8) is 0 Å². The van der Waals surface area contributed by atoms with Gasteiger partial charge in [-0.1, -0.05) is 18.2 Å². The molecule has 3 aromatic rings. The summed E-state index contributed by atoms with van der Waals surface area (Å²) in [6, 6.07) is 12.0. The lowest BCUT2D eigenvalue weighted by Gasteiger charge is -2.18. The number of aromatic nitrogens is 1. The second kappa shape index (κ2) is 6.41. The van der Waals surface area contributed by atoms with Crippen molar-refractivity contribution in [3.05, 3.63) is 57.6 Å². The number of hydrogen-bond acceptors (Lipinski definition) is 7. The average molecular weight is 377 g/mol. The average Bonchev–Trinajstić information content (AvgIpc) is 2.95. The molecule has 3 rings (SSSR count). The van der Waals surface area contributed by atoms with Gasteiger partial charge >= 0.3 is 5.69 Å². The highest BCUT2D eigenvalue weighted by Crippen LogP contribution is 2.35. The van der Waals surface area contributed by atoms with Crippen molar-refractivity contribution >= 4 is 42.8 Å². The molecule has 130 valence electrons. The largest absolute Gasteiger partial charge is 0.362 e. The molecule has 1 aromatic heterocycles. The highest BCUT2D eigenvalue weighted by atomic mass is 32.2. The van der Waals surface area contributed by atoms with Crippen molar-refractivity contribution in [2.75, 3.05) is 18.2 Å². The summed E-state index contributed by atoms with van der Waals surface area (Å²) in [7, 11) is -2.03. The van der Waals surface area contributed by atoms with Crippen LogP contribution in [-0.4, -0.2) is 31.6 Å². The molecule has 0 aliphatic heterocycles. The van der Waals surface area contributed by atoms with Gasteiger partial charge in [-0.05, 0) is 24.3 Å². The molecular weight excluding hydrogens is 362 g/mol. The molecule has 0 aliphatic rings. The Bertz CT molecular complexity index is 1030. The summed E-state index contributed by atoms with van der Waals surface area (Å²) in [5.74, 6) is 0. The molecule has 7 nitrogen and oxygen atoms in total. The molecule has 0 spiro atoms. The molecule has 0 fully saturated rings. The number of para-hydroxylation sites is 2. The van der Waals surface area contributed by atoms with E-state index in [1.807, 2.05) is 24.3 Å². The van der Waals surface area contributed by atoms with Crippen molar-refractivity contribution in [1.29, 1.82) is 0 Å². The Morgan fingerprint density at radius 3 is 2.56 bits per heavy atom. The fraction of sp³-hybridized carbons (Fsp3) is 0.188. The van der Waals surface area contributed by atoms with Crippen LogP contribution < -0.4 is 4.90 Å². The fourth-order valence-corrected chi connectivity index (χ4v) is 4.45. The zero-order valence-electron chi connectivity index (χ0n) is 13.5. The first-order valence-corrected chi connectivity index (χ1v) is 10.0. The molecule has 0 radical (unpaired) electrons. The van der Waals surface area contributed by atoms with E-state index in [9.17, 15) is 18.5 Å². The molecule has 9 heteroatoms. The molecule has 0 unspecified atom stereocenters. The van der Waals surface area contributed by atoms with Crippen molar-refractivity contribution in [3.8, 4) is 0 Å². The third kappa shape index (κ3) is 3.47. The van der Waals surface area contributed by atoms with Gasteiger partial charge in [-0.15, -0.1) is 11.3 Å². The molecule has 1 heterocycles. The second-order valence-corrected chi connectivity index (χ2v) is 8.68. The van der Waals surface area contributed by atoms with Crippen LogP contribution in [0.2, 0.25) is 0 Å². The number of nitrogens with zero attached hydrogens (tertiary/aromatic N) is 3. The van der Waals surface area contributed by atoms with Crippen LogP contribution >= 0.6 is 11.3 Å². The first kappa shape index (κ1) is 17.3. The minimum absolute atomic E-state index is 0.243. The molecule has 0 saturated heterocycles. The quantitative estimate of drug-likeness (QED) is 0.500. The van der Waals surface area contributed by atoms with Gasteiger partial charge in [0.2, 0.25) is 0 Å². The highest BCUT2D eigenvalue weighted by Gasteiger charge is 2.28. The predicted octanol–water partition coefficient (Wildman–Crippen LogP) is 3.24. The van der Waals surface area contributed by atoms with E-state index in [2.05, 4.69) is 4.98 Å². The number of fused-ring (bicyclic) bond motifs is 1. The zero-order valence-corrected chi connectivity index (χ0v) is 15.2.